The molecule has 0 aliphatic heterocycles. The topological polar surface area (TPSA) is 86.8 Å². The predicted molar refractivity (Wildman–Crippen MR) is 118 cm³/mol. The molecule has 0 fully saturated rings. The number of aryl methyl sites for hydroxylation is 2. The normalized spacial score (nSPS) is 11.1. The van der Waals surface area contributed by atoms with Crippen LogP contribution in [0, 0.1) is 13.8 Å². The van der Waals surface area contributed by atoms with Crippen molar-refractivity contribution in [1.29, 1.82) is 0 Å². The highest BCUT2D eigenvalue weighted by atomic mass is 32.2. The fraction of sp³-hybridized carbons (Fsp3) is 0.364. The SMILES string of the molecule is CCN(CC)C(=O)CN(C)C(=O)c1cc(S(=O)(=O)Nc2ccc(C)cc2)ccc1C. The highest BCUT2D eigenvalue weighted by Crippen LogP contribution is 2.20. The first-order chi connectivity index (χ1) is 14.1. The van der Waals surface area contributed by atoms with Crippen LogP contribution < -0.4 is 4.72 Å². The molecule has 7 nitrogen and oxygen atoms in total. The standard InChI is InChI=1S/C22H29N3O4S/c1-6-25(7-2)21(26)15-24(5)22(27)20-14-19(13-10-17(20)4)30(28,29)23-18-11-8-16(3)9-12-18/h8-14,23H,6-7,15H2,1-5H3. The van der Waals surface area contributed by atoms with Crippen molar-refractivity contribution in [3.05, 3.63) is 59.2 Å². The van der Waals surface area contributed by atoms with Gasteiger partial charge in [-0.3, -0.25) is 14.3 Å². The van der Waals surface area contributed by atoms with E-state index >= 15 is 0 Å². The van der Waals surface area contributed by atoms with Crippen LogP contribution in [0.5, 0.6) is 0 Å². The van der Waals surface area contributed by atoms with E-state index in [1.165, 1.54) is 24.1 Å². The fourth-order valence-electron chi connectivity index (χ4n) is 2.99. The molecule has 0 unspecified atom stereocenters. The minimum Gasteiger partial charge on any atom is -0.342 e. The van der Waals surface area contributed by atoms with Crippen LogP contribution in [0.15, 0.2) is 47.4 Å². The summed E-state index contributed by atoms with van der Waals surface area (Å²) in [5, 5.41) is 0. The number of amides is 2. The maximum atomic E-state index is 12.9. The van der Waals surface area contributed by atoms with Gasteiger partial charge < -0.3 is 9.80 Å². The van der Waals surface area contributed by atoms with E-state index in [-0.39, 0.29) is 22.9 Å². The second-order valence-electron chi connectivity index (χ2n) is 7.18. The molecular formula is C22H29N3O4S. The van der Waals surface area contributed by atoms with E-state index in [4.69, 9.17) is 0 Å². The summed E-state index contributed by atoms with van der Waals surface area (Å²) >= 11 is 0. The molecule has 8 heteroatoms. The second-order valence-corrected chi connectivity index (χ2v) is 8.86. The molecule has 0 aliphatic carbocycles. The first kappa shape index (κ1) is 23.4. The van der Waals surface area contributed by atoms with Gasteiger partial charge in [0.15, 0.2) is 0 Å². The minimum atomic E-state index is -3.86. The second kappa shape index (κ2) is 9.75. The van der Waals surface area contributed by atoms with Crippen LogP contribution in [0.1, 0.15) is 35.3 Å². The van der Waals surface area contributed by atoms with Crippen molar-refractivity contribution < 1.29 is 18.0 Å². The van der Waals surface area contributed by atoms with Gasteiger partial charge in [-0.25, -0.2) is 8.42 Å². The summed E-state index contributed by atoms with van der Waals surface area (Å²) in [7, 11) is -2.33. The van der Waals surface area contributed by atoms with Crippen molar-refractivity contribution in [3.63, 3.8) is 0 Å². The highest BCUT2D eigenvalue weighted by molar-refractivity contribution is 7.92. The molecule has 2 rings (SSSR count). The lowest BCUT2D eigenvalue weighted by atomic mass is 10.1. The smallest absolute Gasteiger partial charge is 0.261 e. The number of anilines is 1. The monoisotopic (exact) mass is 431 g/mol. The van der Waals surface area contributed by atoms with Crippen molar-refractivity contribution in [2.24, 2.45) is 0 Å². The summed E-state index contributed by atoms with van der Waals surface area (Å²) in [4.78, 5) is 28.2. The summed E-state index contributed by atoms with van der Waals surface area (Å²) in [6, 6.07) is 11.4. The van der Waals surface area contributed by atoms with Gasteiger partial charge >= 0.3 is 0 Å². The summed E-state index contributed by atoms with van der Waals surface area (Å²) in [6.07, 6.45) is 0. The van der Waals surface area contributed by atoms with Crippen LogP contribution in [0.25, 0.3) is 0 Å². The van der Waals surface area contributed by atoms with Crippen LogP contribution in [-0.2, 0) is 14.8 Å². The zero-order valence-electron chi connectivity index (χ0n) is 18.1. The van der Waals surface area contributed by atoms with Crippen LogP contribution in [0.4, 0.5) is 5.69 Å². The van der Waals surface area contributed by atoms with Crippen LogP contribution in [-0.4, -0.2) is 56.7 Å². The van der Waals surface area contributed by atoms with Crippen molar-refractivity contribution in [3.8, 4) is 0 Å². The fourth-order valence-corrected chi connectivity index (χ4v) is 4.08. The number of hydrogen-bond donors (Lipinski definition) is 1. The molecule has 0 atom stereocenters. The third-order valence-electron chi connectivity index (χ3n) is 4.89. The number of hydrogen-bond acceptors (Lipinski definition) is 4. The zero-order valence-corrected chi connectivity index (χ0v) is 18.9. The van der Waals surface area contributed by atoms with Gasteiger partial charge in [0.2, 0.25) is 5.91 Å². The van der Waals surface area contributed by atoms with E-state index in [0.717, 1.165) is 5.56 Å². The zero-order chi connectivity index (χ0) is 22.5. The lowest BCUT2D eigenvalue weighted by Crippen LogP contribution is -2.41. The lowest BCUT2D eigenvalue weighted by molar-refractivity contribution is -0.131. The van der Waals surface area contributed by atoms with Gasteiger partial charge in [0.1, 0.15) is 0 Å². The summed E-state index contributed by atoms with van der Waals surface area (Å²) in [5.41, 5.74) is 2.34. The van der Waals surface area contributed by atoms with Crippen molar-refractivity contribution in [1.82, 2.24) is 9.80 Å². The van der Waals surface area contributed by atoms with Gasteiger partial charge in [0.25, 0.3) is 15.9 Å². The summed E-state index contributed by atoms with van der Waals surface area (Å²) in [6.45, 7) is 8.46. The molecule has 0 aromatic heterocycles. The van der Waals surface area contributed by atoms with Gasteiger partial charge in [-0.1, -0.05) is 23.8 Å². The Labute approximate surface area is 178 Å². The van der Waals surface area contributed by atoms with Gasteiger partial charge in [0, 0.05) is 31.4 Å². The number of nitrogens with zero attached hydrogens (tertiary/aromatic N) is 2. The van der Waals surface area contributed by atoms with Crippen molar-refractivity contribution in [2.75, 3.05) is 31.4 Å². The minimum absolute atomic E-state index is 0.0134. The third-order valence-corrected chi connectivity index (χ3v) is 6.27. The molecule has 0 saturated heterocycles. The van der Waals surface area contributed by atoms with E-state index < -0.39 is 15.9 Å². The van der Waals surface area contributed by atoms with E-state index in [2.05, 4.69) is 4.72 Å². The van der Waals surface area contributed by atoms with Crippen molar-refractivity contribution in [2.45, 2.75) is 32.6 Å². The number of rotatable bonds is 8. The Hall–Kier alpha value is -2.87. The van der Waals surface area contributed by atoms with E-state index in [9.17, 15) is 18.0 Å². The predicted octanol–water partition coefficient (Wildman–Crippen LogP) is 3.04. The Morgan fingerprint density at radius 2 is 1.57 bits per heavy atom. The molecule has 1 N–H and O–H groups in total. The maximum Gasteiger partial charge on any atom is 0.261 e. The Kier molecular flexibility index (Phi) is 7.61. The Morgan fingerprint density at radius 1 is 0.967 bits per heavy atom. The number of likely N-dealkylation sites (N-methyl/N-ethyl adjacent to an activating group) is 2. The molecule has 2 amide bonds. The van der Waals surface area contributed by atoms with Crippen LogP contribution in [0.3, 0.4) is 0 Å². The number of nitrogens with one attached hydrogen (secondary N) is 1. The van der Waals surface area contributed by atoms with Gasteiger partial charge in [0.05, 0.1) is 11.4 Å². The first-order valence-corrected chi connectivity index (χ1v) is 11.3. The molecule has 0 radical (unpaired) electrons. The van der Waals surface area contributed by atoms with Gasteiger partial charge in [-0.2, -0.15) is 0 Å². The first-order valence-electron chi connectivity index (χ1n) is 9.82. The largest absolute Gasteiger partial charge is 0.342 e. The number of carbonyl (C=O) groups excluding carboxylic acids is 2. The third kappa shape index (κ3) is 5.60. The molecule has 162 valence electrons. The number of carbonyl (C=O) groups is 2. The van der Waals surface area contributed by atoms with Crippen molar-refractivity contribution >= 4 is 27.5 Å². The maximum absolute atomic E-state index is 12.9. The van der Waals surface area contributed by atoms with E-state index in [1.807, 2.05) is 32.9 Å². The highest BCUT2D eigenvalue weighted by Gasteiger charge is 2.22. The van der Waals surface area contributed by atoms with E-state index in [0.29, 0.717) is 24.3 Å². The van der Waals surface area contributed by atoms with Crippen LogP contribution in [0.2, 0.25) is 0 Å². The summed E-state index contributed by atoms with van der Waals surface area (Å²) in [5.74, 6) is -0.557. The van der Waals surface area contributed by atoms with Crippen LogP contribution >= 0.6 is 0 Å². The number of benzene rings is 2. The number of sulfonamides is 1. The molecule has 0 aliphatic rings. The molecule has 0 spiro atoms. The molecule has 2 aromatic rings. The molecule has 30 heavy (non-hydrogen) atoms. The molecule has 0 heterocycles. The molecule has 0 bridgehead atoms. The molecule has 2 aromatic carbocycles. The average molecular weight is 432 g/mol. The molecule has 0 saturated carbocycles. The quantitative estimate of drug-likeness (QED) is 0.696. The molecular weight excluding hydrogens is 402 g/mol. The van der Waals surface area contributed by atoms with Gasteiger partial charge in [-0.15, -0.1) is 0 Å². The summed E-state index contributed by atoms with van der Waals surface area (Å²) < 4.78 is 28.1. The Morgan fingerprint density at radius 3 is 2.13 bits per heavy atom. The average Bonchev–Trinajstić information content (AvgIpc) is 2.70. The Bertz CT molecular complexity index is 1010. The van der Waals surface area contributed by atoms with E-state index in [1.54, 1.807) is 30.0 Å². The lowest BCUT2D eigenvalue weighted by Gasteiger charge is -2.23. The van der Waals surface area contributed by atoms with Gasteiger partial charge in [-0.05, 0) is 57.5 Å². The Balaban J connectivity index is 2.26.